The van der Waals surface area contributed by atoms with Gasteiger partial charge in [-0.2, -0.15) is 0 Å². The summed E-state index contributed by atoms with van der Waals surface area (Å²) in [4.78, 5) is 43.8. The van der Waals surface area contributed by atoms with Crippen LogP contribution in [0.2, 0.25) is 0 Å². The van der Waals surface area contributed by atoms with Crippen LogP contribution in [0, 0.1) is 22.7 Å². The number of nitrogens with two attached hydrogens (primary N) is 1. The molecule has 0 aromatic carbocycles. The van der Waals surface area contributed by atoms with Gasteiger partial charge in [-0.15, -0.1) is 0 Å². The number of ketones is 1. The van der Waals surface area contributed by atoms with Crippen molar-refractivity contribution >= 4 is 17.7 Å². The van der Waals surface area contributed by atoms with E-state index in [9.17, 15) is 14.4 Å². The number of aromatic amines is 1. The Hall–Kier alpha value is -2.22. The highest BCUT2D eigenvalue weighted by Gasteiger charge is 2.62. The summed E-state index contributed by atoms with van der Waals surface area (Å²) in [5, 5.41) is 11.5. The number of carboxylic acids is 1. The van der Waals surface area contributed by atoms with Crippen LogP contribution in [0.4, 0.5) is 0 Å². The number of hydrogen-bond donors (Lipinski definition) is 4. The van der Waals surface area contributed by atoms with Crippen LogP contribution in [-0.4, -0.2) is 38.8 Å². The topological polar surface area (TPSA) is 138 Å². The molecule has 1 amide bonds. The molecule has 2 aliphatic carbocycles. The molecular formula is C19H28N4O4. The van der Waals surface area contributed by atoms with E-state index in [0.29, 0.717) is 11.6 Å². The molecule has 1 aromatic rings. The van der Waals surface area contributed by atoms with Gasteiger partial charge in [0.25, 0.3) is 0 Å². The van der Waals surface area contributed by atoms with Gasteiger partial charge in [0.05, 0.1) is 30.7 Å². The van der Waals surface area contributed by atoms with Crippen LogP contribution in [0.5, 0.6) is 0 Å². The first kappa shape index (κ1) is 19.5. The molecule has 5 N–H and O–H groups in total. The van der Waals surface area contributed by atoms with E-state index in [1.165, 1.54) is 12.5 Å². The molecule has 27 heavy (non-hydrogen) atoms. The molecule has 5 atom stereocenters. The van der Waals surface area contributed by atoms with Crippen LogP contribution in [0.1, 0.15) is 58.2 Å². The van der Waals surface area contributed by atoms with Crippen molar-refractivity contribution in [3.63, 3.8) is 0 Å². The molecule has 1 unspecified atom stereocenters. The fourth-order valence-corrected chi connectivity index (χ4v) is 5.44. The van der Waals surface area contributed by atoms with Gasteiger partial charge in [0.15, 0.2) is 5.78 Å². The molecule has 2 aliphatic rings. The van der Waals surface area contributed by atoms with Gasteiger partial charge in [-0.05, 0) is 36.0 Å². The highest BCUT2D eigenvalue weighted by molar-refractivity contribution is 5.94. The lowest BCUT2D eigenvalue weighted by molar-refractivity contribution is -0.140. The molecule has 0 saturated heterocycles. The fraction of sp³-hybridized carbons (Fsp3) is 0.684. The highest BCUT2D eigenvalue weighted by atomic mass is 16.4. The van der Waals surface area contributed by atoms with Crippen molar-refractivity contribution in [2.75, 3.05) is 0 Å². The van der Waals surface area contributed by atoms with E-state index < -0.39 is 30.4 Å². The van der Waals surface area contributed by atoms with Crippen molar-refractivity contribution in [1.82, 2.24) is 15.3 Å². The number of imidazole rings is 1. The van der Waals surface area contributed by atoms with E-state index in [4.69, 9.17) is 10.8 Å². The number of Topliss-reactive ketones (excluding diaryl/α,β-unsaturated/α-hetero) is 1. The van der Waals surface area contributed by atoms with Gasteiger partial charge < -0.3 is 21.1 Å². The van der Waals surface area contributed by atoms with Crippen LogP contribution < -0.4 is 11.1 Å². The number of carbonyl (C=O) groups is 3. The Bertz CT molecular complexity index is 740. The third kappa shape index (κ3) is 3.38. The third-order valence-corrected chi connectivity index (χ3v) is 6.69. The quantitative estimate of drug-likeness (QED) is 0.567. The average Bonchev–Trinajstić information content (AvgIpc) is 3.24. The average molecular weight is 376 g/mol. The number of aromatic nitrogens is 2. The van der Waals surface area contributed by atoms with Gasteiger partial charge in [0.1, 0.15) is 6.04 Å². The second kappa shape index (κ2) is 6.74. The molecule has 2 fully saturated rings. The van der Waals surface area contributed by atoms with Gasteiger partial charge in [-0.1, -0.05) is 20.8 Å². The number of nitrogens with one attached hydrogen (secondary N) is 2. The molecule has 1 heterocycles. The number of carboxylic acid groups (broad SMARTS) is 1. The lowest BCUT2D eigenvalue weighted by atomic mass is 9.61. The van der Waals surface area contributed by atoms with Crippen molar-refractivity contribution in [3.05, 3.63) is 18.2 Å². The summed E-state index contributed by atoms with van der Waals surface area (Å²) in [7, 11) is 0. The molecule has 2 bridgehead atoms. The molecule has 8 nitrogen and oxygen atoms in total. The number of rotatable bonds is 7. The van der Waals surface area contributed by atoms with E-state index in [2.05, 4.69) is 36.1 Å². The van der Waals surface area contributed by atoms with E-state index >= 15 is 0 Å². The number of fused-ring (bicyclic) bond motifs is 2. The standard InChI is InChI=1S/C19H28N4O4/c1-18(2)10-4-5-19(3,7-10)16(18)15(26)14(12-8-21-9-22-12)23-17(27)11(20)6-13(24)25/h8-11,14,16H,4-7,20H2,1-3H3,(H,21,22)(H,23,27)(H,24,25)/t10-,11+,14?,16-,19+/m1/s1. The Morgan fingerprint density at radius 1 is 1.41 bits per heavy atom. The lowest BCUT2D eigenvalue weighted by Gasteiger charge is -2.43. The number of H-pyrrole nitrogens is 1. The van der Waals surface area contributed by atoms with Gasteiger partial charge in [-0.3, -0.25) is 14.4 Å². The van der Waals surface area contributed by atoms with Crippen molar-refractivity contribution in [1.29, 1.82) is 0 Å². The molecule has 148 valence electrons. The lowest BCUT2D eigenvalue weighted by Crippen LogP contribution is -2.50. The highest BCUT2D eigenvalue weighted by Crippen LogP contribution is 2.66. The summed E-state index contributed by atoms with van der Waals surface area (Å²) in [5.41, 5.74) is 5.93. The number of carbonyl (C=O) groups excluding carboxylic acids is 2. The second-order valence-electron chi connectivity index (χ2n) is 8.90. The first-order valence-electron chi connectivity index (χ1n) is 9.36. The maximum atomic E-state index is 13.6. The fourth-order valence-electron chi connectivity index (χ4n) is 5.44. The Kier molecular flexibility index (Phi) is 4.88. The number of hydrogen-bond acceptors (Lipinski definition) is 5. The molecule has 3 rings (SSSR count). The van der Waals surface area contributed by atoms with Crippen LogP contribution in [0.3, 0.4) is 0 Å². The summed E-state index contributed by atoms with van der Waals surface area (Å²) in [5.74, 6) is -1.60. The largest absolute Gasteiger partial charge is 0.481 e. The molecule has 0 radical (unpaired) electrons. The number of amides is 1. The maximum Gasteiger partial charge on any atom is 0.305 e. The van der Waals surface area contributed by atoms with E-state index in [-0.39, 0.29) is 22.5 Å². The van der Waals surface area contributed by atoms with Crippen LogP contribution in [-0.2, 0) is 14.4 Å². The predicted molar refractivity (Wildman–Crippen MR) is 97.4 cm³/mol. The summed E-state index contributed by atoms with van der Waals surface area (Å²) in [6.07, 6.45) is 5.60. The molecule has 0 spiro atoms. The minimum atomic E-state index is -1.22. The van der Waals surface area contributed by atoms with Crippen molar-refractivity contribution in [3.8, 4) is 0 Å². The second-order valence-corrected chi connectivity index (χ2v) is 8.90. The minimum absolute atomic E-state index is 0.0650. The van der Waals surface area contributed by atoms with Gasteiger partial charge in [0, 0.05) is 5.92 Å². The summed E-state index contributed by atoms with van der Waals surface area (Å²) >= 11 is 0. The Labute approximate surface area is 158 Å². The SMILES string of the molecule is CC1(C)[C@@H]2CC[C@@](C)(C2)[C@@H]1C(=O)C(NC(=O)[C@@H](N)CC(=O)O)c1cnc[nH]1. The Balaban J connectivity index is 1.87. The van der Waals surface area contributed by atoms with E-state index in [1.54, 1.807) is 0 Å². The summed E-state index contributed by atoms with van der Waals surface area (Å²) < 4.78 is 0. The zero-order chi connectivity index (χ0) is 20.0. The van der Waals surface area contributed by atoms with Crippen molar-refractivity contribution < 1.29 is 19.5 Å². The van der Waals surface area contributed by atoms with Crippen LogP contribution in [0.25, 0.3) is 0 Å². The first-order chi connectivity index (χ1) is 12.6. The zero-order valence-corrected chi connectivity index (χ0v) is 16.0. The van der Waals surface area contributed by atoms with E-state index in [1.807, 2.05) is 0 Å². The maximum absolute atomic E-state index is 13.6. The van der Waals surface area contributed by atoms with Gasteiger partial charge in [0.2, 0.25) is 5.91 Å². The summed E-state index contributed by atoms with van der Waals surface area (Å²) in [6.45, 7) is 6.42. The third-order valence-electron chi connectivity index (χ3n) is 6.69. The molecule has 1 aromatic heterocycles. The Morgan fingerprint density at radius 2 is 2.11 bits per heavy atom. The zero-order valence-electron chi connectivity index (χ0n) is 16.0. The van der Waals surface area contributed by atoms with Crippen LogP contribution >= 0.6 is 0 Å². The van der Waals surface area contributed by atoms with Crippen LogP contribution in [0.15, 0.2) is 12.5 Å². The van der Waals surface area contributed by atoms with E-state index in [0.717, 1.165) is 19.3 Å². The predicted octanol–water partition coefficient (Wildman–Crippen LogP) is 1.40. The van der Waals surface area contributed by atoms with Crippen molar-refractivity contribution in [2.24, 2.45) is 28.4 Å². The molecular weight excluding hydrogens is 348 g/mol. The summed E-state index contributed by atoms with van der Waals surface area (Å²) in [6, 6.07) is -2.13. The molecule has 2 saturated carbocycles. The smallest absolute Gasteiger partial charge is 0.305 e. The van der Waals surface area contributed by atoms with Gasteiger partial charge >= 0.3 is 5.97 Å². The van der Waals surface area contributed by atoms with Crippen molar-refractivity contribution in [2.45, 2.75) is 58.5 Å². The molecule has 8 heteroatoms. The minimum Gasteiger partial charge on any atom is -0.481 e. The van der Waals surface area contributed by atoms with Gasteiger partial charge in [-0.25, -0.2) is 4.98 Å². The number of aliphatic carboxylic acids is 1. The Morgan fingerprint density at radius 3 is 2.63 bits per heavy atom. The first-order valence-corrected chi connectivity index (χ1v) is 9.36. The normalized spacial score (nSPS) is 30.7. The molecule has 0 aliphatic heterocycles. The monoisotopic (exact) mass is 376 g/mol. The number of nitrogens with zero attached hydrogens (tertiary/aromatic N) is 1.